The van der Waals surface area contributed by atoms with E-state index >= 15 is 0 Å². The molecule has 0 aliphatic carbocycles. The van der Waals surface area contributed by atoms with Gasteiger partial charge in [-0.1, -0.05) is 12.1 Å². The Kier molecular flexibility index (Phi) is 5.23. The smallest absolute Gasteiger partial charge is 0.316 e. The van der Waals surface area contributed by atoms with E-state index in [-0.39, 0.29) is 18.0 Å². The summed E-state index contributed by atoms with van der Waals surface area (Å²) in [4.78, 5) is 21.5. The minimum atomic E-state index is -0.515. The largest absolute Gasteiger partial charge is 0.497 e. The summed E-state index contributed by atoms with van der Waals surface area (Å²) in [6.07, 6.45) is 5.90. The molecule has 1 amide bonds. The van der Waals surface area contributed by atoms with Crippen molar-refractivity contribution in [2.24, 2.45) is 0 Å². The monoisotopic (exact) mass is 343 g/mol. The van der Waals surface area contributed by atoms with Gasteiger partial charge in [0.15, 0.2) is 5.82 Å². The lowest BCUT2D eigenvalue weighted by Gasteiger charge is -2.14. The van der Waals surface area contributed by atoms with Gasteiger partial charge in [0.25, 0.3) is 0 Å². The van der Waals surface area contributed by atoms with Crippen molar-refractivity contribution < 1.29 is 18.7 Å². The van der Waals surface area contributed by atoms with E-state index in [1.807, 2.05) is 24.3 Å². The molecular formula is C18H18FN3O3. The molecule has 1 fully saturated rings. The van der Waals surface area contributed by atoms with E-state index in [9.17, 15) is 9.18 Å². The standard InChI is InChI=1S/C18H18FN3O3/c1-24-15-5-2-13(3-6-15)4-7-17(23)22-9-8-16(12-22)25-18-20-10-14(19)11-21-18/h2-7,10-11,16H,8-9,12H2,1H3/b7-4+. The Labute approximate surface area is 144 Å². The van der Waals surface area contributed by atoms with E-state index in [4.69, 9.17) is 9.47 Å². The predicted molar refractivity (Wildman–Crippen MR) is 89.6 cm³/mol. The second kappa shape index (κ2) is 7.74. The average Bonchev–Trinajstić information content (AvgIpc) is 3.10. The molecule has 0 N–H and O–H groups in total. The van der Waals surface area contributed by atoms with Gasteiger partial charge in [-0.15, -0.1) is 0 Å². The summed E-state index contributed by atoms with van der Waals surface area (Å²) >= 11 is 0. The molecule has 7 heteroatoms. The van der Waals surface area contributed by atoms with Crippen LogP contribution >= 0.6 is 0 Å². The summed E-state index contributed by atoms with van der Waals surface area (Å²) in [7, 11) is 1.61. The lowest BCUT2D eigenvalue weighted by atomic mass is 10.2. The number of halogens is 1. The quantitative estimate of drug-likeness (QED) is 0.780. The molecule has 0 radical (unpaired) electrons. The van der Waals surface area contributed by atoms with Crippen molar-refractivity contribution in [3.63, 3.8) is 0 Å². The first kappa shape index (κ1) is 16.9. The molecule has 6 nitrogen and oxygen atoms in total. The van der Waals surface area contributed by atoms with Crippen LogP contribution in [-0.4, -0.2) is 47.1 Å². The Balaban J connectivity index is 1.53. The van der Waals surface area contributed by atoms with Crippen LogP contribution in [0, 0.1) is 5.82 Å². The Morgan fingerprint density at radius 1 is 1.28 bits per heavy atom. The maximum atomic E-state index is 12.8. The van der Waals surface area contributed by atoms with Gasteiger partial charge in [0.1, 0.15) is 11.9 Å². The predicted octanol–water partition coefficient (Wildman–Crippen LogP) is 2.32. The van der Waals surface area contributed by atoms with Crippen molar-refractivity contribution in [1.29, 1.82) is 0 Å². The van der Waals surface area contributed by atoms with Crippen molar-refractivity contribution in [3.8, 4) is 11.8 Å². The van der Waals surface area contributed by atoms with Crippen LogP contribution in [0.5, 0.6) is 11.8 Å². The molecular weight excluding hydrogens is 325 g/mol. The minimum Gasteiger partial charge on any atom is -0.497 e. The highest BCUT2D eigenvalue weighted by atomic mass is 19.1. The van der Waals surface area contributed by atoms with Crippen molar-refractivity contribution >= 4 is 12.0 Å². The lowest BCUT2D eigenvalue weighted by Crippen LogP contribution is -2.29. The Morgan fingerprint density at radius 2 is 2.00 bits per heavy atom. The molecule has 2 aromatic rings. The zero-order chi connectivity index (χ0) is 17.6. The molecule has 1 aliphatic heterocycles. The summed E-state index contributed by atoms with van der Waals surface area (Å²) in [6.45, 7) is 1.05. The topological polar surface area (TPSA) is 64.5 Å². The molecule has 1 aromatic carbocycles. The number of carbonyl (C=O) groups excluding carboxylic acids is 1. The molecule has 130 valence electrons. The summed E-state index contributed by atoms with van der Waals surface area (Å²) in [6, 6.07) is 7.56. The lowest BCUT2D eigenvalue weighted by molar-refractivity contribution is -0.125. The van der Waals surface area contributed by atoms with Crippen molar-refractivity contribution in [2.45, 2.75) is 12.5 Å². The minimum absolute atomic E-state index is 0.0815. The van der Waals surface area contributed by atoms with E-state index in [0.717, 1.165) is 23.7 Å². The first-order valence-corrected chi connectivity index (χ1v) is 7.89. The number of nitrogens with zero attached hydrogens (tertiary/aromatic N) is 3. The molecule has 1 saturated heterocycles. The van der Waals surface area contributed by atoms with E-state index in [1.165, 1.54) is 0 Å². The molecule has 0 saturated carbocycles. The third-order valence-corrected chi connectivity index (χ3v) is 3.86. The maximum absolute atomic E-state index is 12.8. The first-order chi connectivity index (χ1) is 12.1. The van der Waals surface area contributed by atoms with Gasteiger partial charge >= 0.3 is 6.01 Å². The Morgan fingerprint density at radius 3 is 2.68 bits per heavy atom. The van der Waals surface area contributed by atoms with Crippen molar-refractivity contribution in [2.75, 3.05) is 20.2 Å². The number of carbonyl (C=O) groups is 1. The molecule has 25 heavy (non-hydrogen) atoms. The molecule has 1 aliphatic rings. The van der Waals surface area contributed by atoms with Crippen LogP contribution in [-0.2, 0) is 4.79 Å². The fraction of sp³-hybridized carbons (Fsp3) is 0.278. The highest BCUT2D eigenvalue weighted by molar-refractivity contribution is 5.92. The van der Waals surface area contributed by atoms with Crippen LogP contribution in [0.3, 0.4) is 0 Å². The van der Waals surface area contributed by atoms with Gasteiger partial charge in [-0.25, -0.2) is 14.4 Å². The fourth-order valence-electron chi connectivity index (χ4n) is 2.52. The number of rotatable bonds is 5. The van der Waals surface area contributed by atoms with Crippen LogP contribution in [0.4, 0.5) is 4.39 Å². The van der Waals surface area contributed by atoms with Gasteiger partial charge in [0.05, 0.1) is 26.0 Å². The SMILES string of the molecule is COc1ccc(/C=C/C(=O)N2CCC(Oc3ncc(F)cn3)C2)cc1. The van der Waals surface area contributed by atoms with E-state index in [2.05, 4.69) is 9.97 Å². The van der Waals surface area contributed by atoms with Crippen LogP contribution in [0.15, 0.2) is 42.7 Å². The number of hydrogen-bond donors (Lipinski definition) is 0. The summed E-state index contributed by atoms with van der Waals surface area (Å²) in [5.41, 5.74) is 0.917. The summed E-state index contributed by atoms with van der Waals surface area (Å²) in [5, 5.41) is 0. The van der Waals surface area contributed by atoms with Gasteiger partial charge in [-0.05, 0) is 23.8 Å². The van der Waals surface area contributed by atoms with Crippen molar-refractivity contribution in [1.82, 2.24) is 14.9 Å². The Bertz CT molecular complexity index is 747. The van der Waals surface area contributed by atoms with Gasteiger partial charge in [-0.2, -0.15) is 0 Å². The average molecular weight is 343 g/mol. The third kappa shape index (κ3) is 4.53. The van der Waals surface area contributed by atoms with Crippen LogP contribution in [0.2, 0.25) is 0 Å². The third-order valence-electron chi connectivity index (χ3n) is 3.86. The summed E-state index contributed by atoms with van der Waals surface area (Å²) in [5.74, 6) is 0.173. The summed E-state index contributed by atoms with van der Waals surface area (Å²) < 4.78 is 23.5. The number of likely N-dealkylation sites (tertiary alicyclic amines) is 1. The fourth-order valence-corrected chi connectivity index (χ4v) is 2.52. The number of ether oxygens (including phenoxy) is 2. The molecule has 3 rings (SSSR count). The molecule has 1 aromatic heterocycles. The van der Waals surface area contributed by atoms with E-state index < -0.39 is 5.82 Å². The van der Waals surface area contributed by atoms with Gasteiger partial charge in [-0.3, -0.25) is 4.79 Å². The molecule has 2 heterocycles. The first-order valence-electron chi connectivity index (χ1n) is 7.89. The molecule has 0 bridgehead atoms. The second-order valence-corrected chi connectivity index (χ2v) is 5.60. The molecule has 1 unspecified atom stereocenters. The number of aromatic nitrogens is 2. The van der Waals surface area contributed by atoms with Crippen LogP contribution in [0.25, 0.3) is 6.08 Å². The van der Waals surface area contributed by atoms with Crippen LogP contribution in [0.1, 0.15) is 12.0 Å². The zero-order valence-corrected chi connectivity index (χ0v) is 13.8. The zero-order valence-electron chi connectivity index (χ0n) is 13.8. The van der Waals surface area contributed by atoms with Gasteiger partial charge in [0, 0.05) is 19.0 Å². The number of hydrogen-bond acceptors (Lipinski definition) is 5. The van der Waals surface area contributed by atoms with E-state index in [0.29, 0.717) is 19.5 Å². The number of benzene rings is 1. The molecule has 0 spiro atoms. The number of amides is 1. The van der Waals surface area contributed by atoms with E-state index in [1.54, 1.807) is 24.2 Å². The number of methoxy groups -OCH3 is 1. The van der Waals surface area contributed by atoms with Gasteiger partial charge < -0.3 is 14.4 Å². The maximum Gasteiger partial charge on any atom is 0.316 e. The normalized spacial score (nSPS) is 17.0. The second-order valence-electron chi connectivity index (χ2n) is 5.60. The Hall–Kier alpha value is -2.96. The molecule has 1 atom stereocenters. The van der Waals surface area contributed by atoms with Gasteiger partial charge in [0.2, 0.25) is 5.91 Å². The van der Waals surface area contributed by atoms with Crippen LogP contribution < -0.4 is 9.47 Å². The highest BCUT2D eigenvalue weighted by Crippen LogP contribution is 2.16. The highest BCUT2D eigenvalue weighted by Gasteiger charge is 2.27. The van der Waals surface area contributed by atoms with Crippen molar-refractivity contribution in [3.05, 3.63) is 54.1 Å².